The largest absolute Gasteiger partial charge is 0.428 e. The SMILES string of the molecule is C=C(C)OC(=O)c1cccc(-c2ccccc2)c1-c1ccccc1. The van der Waals surface area contributed by atoms with Crippen LogP contribution in [0.25, 0.3) is 22.3 Å². The summed E-state index contributed by atoms with van der Waals surface area (Å²) in [5.41, 5.74) is 4.44. The van der Waals surface area contributed by atoms with E-state index in [1.807, 2.05) is 72.8 Å². The van der Waals surface area contributed by atoms with Crippen LogP contribution in [0.2, 0.25) is 0 Å². The second-order valence-electron chi connectivity index (χ2n) is 5.55. The van der Waals surface area contributed by atoms with Crippen LogP contribution in [0.4, 0.5) is 0 Å². The first-order valence-electron chi connectivity index (χ1n) is 7.78. The fourth-order valence-electron chi connectivity index (χ4n) is 2.71. The number of ether oxygens (including phenoxy) is 1. The molecule has 0 aromatic heterocycles. The van der Waals surface area contributed by atoms with Crippen LogP contribution in [0.5, 0.6) is 0 Å². The molecule has 0 saturated carbocycles. The Labute approximate surface area is 142 Å². The summed E-state index contributed by atoms with van der Waals surface area (Å²) in [6, 6.07) is 25.6. The first kappa shape index (κ1) is 15.8. The Kier molecular flexibility index (Phi) is 4.57. The normalized spacial score (nSPS) is 10.2. The van der Waals surface area contributed by atoms with Crippen molar-refractivity contribution >= 4 is 5.97 Å². The lowest BCUT2D eigenvalue weighted by Crippen LogP contribution is -2.06. The van der Waals surface area contributed by atoms with Crippen molar-refractivity contribution in [2.75, 3.05) is 0 Å². The number of benzene rings is 3. The Morgan fingerprint density at radius 2 is 1.38 bits per heavy atom. The molecule has 0 amide bonds. The molecule has 3 rings (SSSR count). The smallest absolute Gasteiger partial charge is 0.343 e. The van der Waals surface area contributed by atoms with Crippen molar-refractivity contribution in [1.29, 1.82) is 0 Å². The minimum absolute atomic E-state index is 0.379. The summed E-state index contributed by atoms with van der Waals surface area (Å²) in [5, 5.41) is 0. The van der Waals surface area contributed by atoms with Crippen LogP contribution in [0.3, 0.4) is 0 Å². The molecular weight excluding hydrogens is 296 g/mol. The lowest BCUT2D eigenvalue weighted by atomic mass is 9.90. The Bertz CT molecular complexity index is 865. The molecule has 3 aromatic carbocycles. The van der Waals surface area contributed by atoms with Gasteiger partial charge in [0.2, 0.25) is 0 Å². The number of hydrogen-bond acceptors (Lipinski definition) is 2. The summed E-state index contributed by atoms with van der Waals surface area (Å²) >= 11 is 0. The Hall–Kier alpha value is -3.13. The molecule has 0 spiro atoms. The van der Waals surface area contributed by atoms with Crippen LogP contribution in [0.1, 0.15) is 17.3 Å². The van der Waals surface area contributed by atoms with Gasteiger partial charge in [0.05, 0.1) is 11.3 Å². The van der Waals surface area contributed by atoms with E-state index in [-0.39, 0.29) is 5.97 Å². The summed E-state index contributed by atoms with van der Waals surface area (Å²) in [6.45, 7) is 5.33. The van der Waals surface area contributed by atoms with Crippen molar-refractivity contribution in [2.45, 2.75) is 6.92 Å². The van der Waals surface area contributed by atoms with Gasteiger partial charge in [-0.25, -0.2) is 4.79 Å². The van der Waals surface area contributed by atoms with Gasteiger partial charge in [0.25, 0.3) is 0 Å². The molecule has 0 aliphatic heterocycles. The summed E-state index contributed by atoms with van der Waals surface area (Å²) < 4.78 is 5.26. The Morgan fingerprint density at radius 1 is 0.792 bits per heavy atom. The van der Waals surface area contributed by atoms with Crippen molar-refractivity contribution in [3.8, 4) is 22.3 Å². The van der Waals surface area contributed by atoms with Gasteiger partial charge in [-0.05, 0) is 29.7 Å². The van der Waals surface area contributed by atoms with E-state index < -0.39 is 0 Å². The summed E-state index contributed by atoms with van der Waals surface area (Å²) in [5.74, 6) is -0.0109. The fourth-order valence-corrected chi connectivity index (χ4v) is 2.71. The zero-order valence-corrected chi connectivity index (χ0v) is 13.5. The number of allylic oxidation sites excluding steroid dienone is 1. The summed E-state index contributed by atoms with van der Waals surface area (Å²) in [4.78, 5) is 12.5. The quantitative estimate of drug-likeness (QED) is 0.455. The van der Waals surface area contributed by atoms with Crippen molar-refractivity contribution in [1.82, 2.24) is 0 Å². The maximum Gasteiger partial charge on any atom is 0.343 e. The zero-order valence-electron chi connectivity index (χ0n) is 13.5. The molecule has 2 nitrogen and oxygen atoms in total. The molecule has 118 valence electrons. The highest BCUT2D eigenvalue weighted by Gasteiger charge is 2.18. The molecule has 0 fully saturated rings. The van der Waals surface area contributed by atoms with Gasteiger partial charge in [-0.15, -0.1) is 0 Å². The second kappa shape index (κ2) is 6.97. The molecule has 0 saturated heterocycles. The molecule has 24 heavy (non-hydrogen) atoms. The Balaban J connectivity index is 2.24. The maximum atomic E-state index is 12.5. The highest BCUT2D eigenvalue weighted by atomic mass is 16.5. The van der Waals surface area contributed by atoms with E-state index in [0.717, 1.165) is 22.3 Å². The third-order valence-electron chi connectivity index (χ3n) is 3.70. The lowest BCUT2D eigenvalue weighted by molar-refractivity contribution is 0.0629. The van der Waals surface area contributed by atoms with Gasteiger partial charge in [0.15, 0.2) is 0 Å². The van der Waals surface area contributed by atoms with Gasteiger partial charge in [0, 0.05) is 5.56 Å². The van der Waals surface area contributed by atoms with Crippen LogP contribution in [0.15, 0.2) is 91.2 Å². The van der Waals surface area contributed by atoms with Crippen molar-refractivity contribution in [3.05, 3.63) is 96.8 Å². The lowest BCUT2D eigenvalue weighted by Gasteiger charge is -2.15. The zero-order chi connectivity index (χ0) is 16.9. The summed E-state index contributed by atoms with van der Waals surface area (Å²) in [7, 11) is 0. The van der Waals surface area contributed by atoms with E-state index in [1.54, 1.807) is 13.0 Å². The molecule has 0 atom stereocenters. The van der Waals surface area contributed by atoms with E-state index in [9.17, 15) is 4.79 Å². The molecule has 2 heteroatoms. The number of esters is 1. The monoisotopic (exact) mass is 314 g/mol. The minimum atomic E-state index is -0.390. The van der Waals surface area contributed by atoms with Gasteiger partial charge in [0.1, 0.15) is 0 Å². The molecule has 0 radical (unpaired) electrons. The van der Waals surface area contributed by atoms with E-state index >= 15 is 0 Å². The number of rotatable bonds is 4. The summed E-state index contributed by atoms with van der Waals surface area (Å²) in [6.07, 6.45) is 0. The predicted octanol–water partition coefficient (Wildman–Crippen LogP) is 5.71. The highest BCUT2D eigenvalue weighted by molar-refractivity contribution is 6.02. The number of carbonyl (C=O) groups is 1. The van der Waals surface area contributed by atoms with Gasteiger partial charge >= 0.3 is 5.97 Å². The number of carbonyl (C=O) groups excluding carboxylic acids is 1. The first-order chi connectivity index (χ1) is 11.7. The second-order valence-corrected chi connectivity index (χ2v) is 5.55. The van der Waals surface area contributed by atoms with E-state index in [0.29, 0.717) is 11.3 Å². The highest BCUT2D eigenvalue weighted by Crippen LogP contribution is 2.35. The van der Waals surface area contributed by atoms with Gasteiger partial charge in [-0.2, -0.15) is 0 Å². The fraction of sp³-hybridized carbons (Fsp3) is 0.0455. The van der Waals surface area contributed by atoms with Crippen molar-refractivity contribution in [3.63, 3.8) is 0 Å². The molecule has 0 unspecified atom stereocenters. The van der Waals surface area contributed by atoms with Gasteiger partial charge in [-0.1, -0.05) is 79.4 Å². The van der Waals surface area contributed by atoms with Crippen LogP contribution < -0.4 is 0 Å². The van der Waals surface area contributed by atoms with Gasteiger partial charge < -0.3 is 4.74 Å². The van der Waals surface area contributed by atoms with Crippen molar-refractivity contribution < 1.29 is 9.53 Å². The number of hydrogen-bond donors (Lipinski definition) is 0. The Morgan fingerprint density at radius 3 is 1.96 bits per heavy atom. The average molecular weight is 314 g/mol. The standard InChI is InChI=1S/C22H18O2/c1-16(2)24-22(23)20-15-9-14-19(17-10-5-3-6-11-17)21(20)18-12-7-4-8-13-18/h3-15H,1H2,2H3. The molecule has 0 N–H and O–H groups in total. The minimum Gasteiger partial charge on any atom is -0.428 e. The van der Waals surface area contributed by atoms with Crippen LogP contribution in [-0.4, -0.2) is 5.97 Å². The van der Waals surface area contributed by atoms with E-state index in [4.69, 9.17) is 4.74 Å². The average Bonchev–Trinajstić information content (AvgIpc) is 2.62. The third kappa shape index (κ3) is 3.28. The van der Waals surface area contributed by atoms with E-state index in [1.165, 1.54) is 0 Å². The van der Waals surface area contributed by atoms with Crippen LogP contribution in [-0.2, 0) is 4.74 Å². The molecule has 3 aromatic rings. The van der Waals surface area contributed by atoms with Crippen LogP contribution >= 0.6 is 0 Å². The molecule has 0 heterocycles. The molecular formula is C22H18O2. The molecule has 0 bridgehead atoms. The topological polar surface area (TPSA) is 26.3 Å². The predicted molar refractivity (Wildman–Crippen MR) is 97.5 cm³/mol. The third-order valence-corrected chi connectivity index (χ3v) is 3.70. The molecule has 0 aliphatic rings. The van der Waals surface area contributed by atoms with Crippen LogP contribution in [0, 0.1) is 0 Å². The van der Waals surface area contributed by atoms with Crippen molar-refractivity contribution in [2.24, 2.45) is 0 Å². The first-order valence-corrected chi connectivity index (χ1v) is 7.78. The maximum absolute atomic E-state index is 12.5. The van der Waals surface area contributed by atoms with E-state index in [2.05, 4.69) is 6.58 Å². The molecule has 0 aliphatic carbocycles. The van der Waals surface area contributed by atoms with Gasteiger partial charge in [-0.3, -0.25) is 0 Å².